The standard InChI is InChI=1S/C31H41N3O5S/c1-4-21(20-35)34-27-29(37)33(23-15-13-22(14-16-23)32(5-2)6-3)18-11-17-31(27)26(28(34)36)25-24(40-31)12-9-7-8-10-19-39-30(25)38/h9,11-17,21,24-27,35H,4-8,10,18-20H2,1-3H3/b12-9-/t21-,24-,25+,26-,27?,31-/m0/s1. The molecule has 4 heterocycles. The summed E-state index contributed by atoms with van der Waals surface area (Å²) in [5.41, 5.74) is 1.85. The molecule has 8 nitrogen and oxygen atoms in total. The molecule has 0 radical (unpaired) electrons. The minimum Gasteiger partial charge on any atom is -0.465 e. The number of anilines is 2. The van der Waals surface area contributed by atoms with E-state index < -0.39 is 28.7 Å². The van der Waals surface area contributed by atoms with E-state index in [0.29, 0.717) is 19.6 Å². The lowest BCUT2D eigenvalue weighted by Gasteiger charge is -2.38. The van der Waals surface area contributed by atoms with Gasteiger partial charge < -0.3 is 24.5 Å². The van der Waals surface area contributed by atoms with Crippen molar-refractivity contribution in [2.75, 3.05) is 42.6 Å². The van der Waals surface area contributed by atoms with Crippen molar-refractivity contribution in [1.29, 1.82) is 0 Å². The number of aliphatic hydroxyl groups is 1. The van der Waals surface area contributed by atoms with Gasteiger partial charge in [-0.1, -0.05) is 31.2 Å². The number of cyclic esters (lactones) is 1. The average Bonchev–Trinajstić information content (AvgIpc) is 3.35. The Hall–Kier alpha value is -2.78. The van der Waals surface area contributed by atoms with Gasteiger partial charge in [-0.3, -0.25) is 14.4 Å². The number of allylic oxidation sites excluding steroid dienone is 1. The van der Waals surface area contributed by atoms with Crippen molar-refractivity contribution in [3.8, 4) is 0 Å². The van der Waals surface area contributed by atoms with E-state index in [1.54, 1.807) is 9.80 Å². The molecule has 2 fully saturated rings. The van der Waals surface area contributed by atoms with Crippen LogP contribution in [-0.2, 0) is 19.1 Å². The zero-order valence-corrected chi connectivity index (χ0v) is 24.5. The van der Waals surface area contributed by atoms with Crippen molar-refractivity contribution >= 4 is 40.9 Å². The summed E-state index contributed by atoms with van der Waals surface area (Å²) in [7, 11) is 0. The second-order valence-corrected chi connectivity index (χ2v) is 12.5. The Kier molecular flexibility index (Phi) is 8.61. The van der Waals surface area contributed by atoms with Gasteiger partial charge in [0.25, 0.3) is 5.91 Å². The molecule has 1 aromatic carbocycles. The van der Waals surface area contributed by atoms with Crippen LogP contribution in [0.15, 0.2) is 48.6 Å². The summed E-state index contributed by atoms with van der Waals surface area (Å²) in [4.78, 5) is 47.9. The van der Waals surface area contributed by atoms with Gasteiger partial charge in [0.05, 0.1) is 35.8 Å². The summed E-state index contributed by atoms with van der Waals surface area (Å²) in [6, 6.07) is 6.62. The molecular formula is C31H41N3O5S. The lowest BCUT2D eigenvalue weighted by Crippen LogP contribution is -2.56. The summed E-state index contributed by atoms with van der Waals surface area (Å²) in [5.74, 6) is -2.23. The summed E-state index contributed by atoms with van der Waals surface area (Å²) in [5, 5.41) is 10.0. The Labute approximate surface area is 241 Å². The zero-order valence-electron chi connectivity index (χ0n) is 23.7. The fourth-order valence-corrected chi connectivity index (χ4v) is 8.82. The third-order valence-corrected chi connectivity index (χ3v) is 10.6. The van der Waals surface area contributed by atoms with E-state index in [2.05, 4.69) is 24.8 Å². The SMILES string of the molecule is CC[C@@H](CO)N1C(=O)[C@@H]2[C@@H]3C(=O)OCCCC/C=C\[C@@H]3S[C@@]23C=CCN(c2ccc(N(CC)CC)cc2)C(=O)C13. The molecule has 1 spiro atoms. The highest BCUT2D eigenvalue weighted by atomic mass is 32.2. The summed E-state index contributed by atoms with van der Waals surface area (Å²) in [6.07, 6.45) is 11.2. The van der Waals surface area contributed by atoms with Gasteiger partial charge in [-0.25, -0.2) is 0 Å². The first-order valence-electron chi connectivity index (χ1n) is 14.7. The molecule has 1 N–H and O–H groups in total. The number of thioether (sulfide) groups is 1. The number of rotatable bonds is 7. The van der Waals surface area contributed by atoms with Crippen molar-refractivity contribution in [3.63, 3.8) is 0 Å². The molecule has 4 aliphatic heterocycles. The monoisotopic (exact) mass is 567 g/mol. The van der Waals surface area contributed by atoms with Crippen molar-refractivity contribution in [3.05, 3.63) is 48.6 Å². The largest absolute Gasteiger partial charge is 0.465 e. The minimum absolute atomic E-state index is 0.183. The first kappa shape index (κ1) is 28.7. The van der Waals surface area contributed by atoms with Crippen LogP contribution in [0.4, 0.5) is 11.4 Å². The van der Waals surface area contributed by atoms with Crippen LogP contribution >= 0.6 is 11.8 Å². The second-order valence-electron chi connectivity index (χ2n) is 11.0. The van der Waals surface area contributed by atoms with Crippen LogP contribution in [0.1, 0.15) is 46.5 Å². The lowest BCUT2D eigenvalue weighted by molar-refractivity contribution is -0.153. The van der Waals surface area contributed by atoms with Gasteiger partial charge in [-0.15, -0.1) is 11.8 Å². The van der Waals surface area contributed by atoms with Gasteiger partial charge in [0.2, 0.25) is 5.91 Å². The van der Waals surface area contributed by atoms with E-state index in [1.165, 1.54) is 11.8 Å². The van der Waals surface area contributed by atoms with E-state index in [1.807, 2.05) is 49.4 Å². The maximum absolute atomic E-state index is 14.6. The van der Waals surface area contributed by atoms with E-state index in [0.717, 1.165) is 43.7 Å². The molecular weight excluding hydrogens is 526 g/mol. The van der Waals surface area contributed by atoms with Gasteiger partial charge in [-0.05, 0) is 63.8 Å². The van der Waals surface area contributed by atoms with Crippen LogP contribution in [0.5, 0.6) is 0 Å². The highest BCUT2D eigenvalue weighted by molar-refractivity contribution is 8.02. The second kappa shape index (κ2) is 12.0. The van der Waals surface area contributed by atoms with Crippen LogP contribution in [0, 0.1) is 11.8 Å². The Morgan fingerprint density at radius 3 is 2.50 bits per heavy atom. The number of hydrogen-bond donors (Lipinski definition) is 1. The topological polar surface area (TPSA) is 90.4 Å². The van der Waals surface area contributed by atoms with Gasteiger partial charge in [-0.2, -0.15) is 0 Å². The number of ether oxygens (including phenoxy) is 1. The molecule has 40 heavy (non-hydrogen) atoms. The highest BCUT2D eigenvalue weighted by Crippen LogP contribution is 2.61. The van der Waals surface area contributed by atoms with E-state index >= 15 is 0 Å². The Morgan fingerprint density at radius 2 is 1.82 bits per heavy atom. The molecule has 1 aromatic rings. The Morgan fingerprint density at radius 1 is 1.07 bits per heavy atom. The number of amides is 2. The maximum Gasteiger partial charge on any atom is 0.311 e. The average molecular weight is 568 g/mol. The van der Waals surface area contributed by atoms with Crippen LogP contribution in [0.3, 0.4) is 0 Å². The summed E-state index contributed by atoms with van der Waals surface area (Å²) in [6.45, 7) is 8.36. The molecule has 216 valence electrons. The van der Waals surface area contributed by atoms with Crippen LogP contribution < -0.4 is 9.80 Å². The number of aliphatic hydroxyl groups excluding tert-OH is 1. The van der Waals surface area contributed by atoms with Crippen LogP contribution in [0.2, 0.25) is 0 Å². The van der Waals surface area contributed by atoms with E-state index in [9.17, 15) is 19.5 Å². The first-order chi connectivity index (χ1) is 19.4. The fraction of sp³-hybridized carbons (Fsp3) is 0.581. The number of hydrogen-bond acceptors (Lipinski definition) is 7. The maximum atomic E-state index is 14.6. The predicted octanol–water partition coefficient (Wildman–Crippen LogP) is 3.79. The van der Waals surface area contributed by atoms with E-state index in [-0.39, 0.29) is 29.6 Å². The van der Waals surface area contributed by atoms with Gasteiger partial charge in [0.1, 0.15) is 6.04 Å². The van der Waals surface area contributed by atoms with Crippen molar-refractivity contribution in [2.45, 2.75) is 68.5 Å². The number of carbonyl (C=O) groups excluding carboxylic acids is 3. The lowest BCUT2D eigenvalue weighted by atomic mass is 9.78. The molecule has 0 saturated carbocycles. The molecule has 0 aromatic heterocycles. The zero-order chi connectivity index (χ0) is 28.4. The smallest absolute Gasteiger partial charge is 0.311 e. The molecule has 1 unspecified atom stereocenters. The number of benzene rings is 1. The molecule has 4 aliphatic rings. The predicted molar refractivity (Wildman–Crippen MR) is 158 cm³/mol. The number of carbonyl (C=O) groups is 3. The normalized spacial score (nSPS) is 31.6. The third kappa shape index (κ3) is 4.75. The Bertz CT molecular complexity index is 1160. The third-order valence-electron chi connectivity index (χ3n) is 8.90. The molecule has 0 aliphatic carbocycles. The first-order valence-corrected chi connectivity index (χ1v) is 15.6. The molecule has 0 bridgehead atoms. The number of nitrogens with zero attached hydrogens (tertiary/aromatic N) is 3. The minimum atomic E-state index is -0.931. The van der Waals surface area contributed by atoms with Gasteiger partial charge in [0, 0.05) is 36.3 Å². The molecule has 2 saturated heterocycles. The van der Waals surface area contributed by atoms with Gasteiger partial charge >= 0.3 is 5.97 Å². The quantitative estimate of drug-likeness (QED) is 0.396. The summed E-state index contributed by atoms with van der Waals surface area (Å²) < 4.78 is 4.75. The van der Waals surface area contributed by atoms with Crippen LogP contribution in [-0.4, -0.2) is 82.7 Å². The van der Waals surface area contributed by atoms with Crippen molar-refractivity contribution in [2.24, 2.45) is 11.8 Å². The highest BCUT2D eigenvalue weighted by Gasteiger charge is 2.71. The fourth-order valence-electron chi connectivity index (χ4n) is 6.83. The van der Waals surface area contributed by atoms with Crippen LogP contribution in [0.25, 0.3) is 0 Å². The van der Waals surface area contributed by atoms with Gasteiger partial charge in [0.15, 0.2) is 0 Å². The Balaban J connectivity index is 1.57. The number of likely N-dealkylation sites (tertiary alicyclic amines) is 1. The molecule has 6 atom stereocenters. The van der Waals surface area contributed by atoms with Crippen molar-refractivity contribution < 1.29 is 24.2 Å². The number of fused-ring (bicyclic) bond motifs is 2. The molecule has 9 heteroatoms. The summed E-state index contributed by atoms with van der Waals surface area (Å²) >= 11 is 1.54. The molecule has 5 rings (SSSR count). The molecule has 2 amide bonds. The number of esters is 1. The van der Waals surface area contributed by atoms with E-state index in [4.69, 9.17) is 4.74 Å². The van der Waals surface area contributed by atoms with Crippen molar-refractivity contribution in [1.82, 2.24) is 4.90 Å².